The third kappa shape index (κ3) is 3.46. The topological polar surface area (TPSA) is 93.7 Å². The van der Waals surface area contributed by atoms with Crippen LogP contribution in [0.25, 0.3) is 11.2 Å². The monoisotopic (exact) mass is 325 g/mol. The number of fused-ring (bicyclic) bond motifs is 1. The summed E-state index contributed by atoms with van der Waals surface area (Å²) in [4.78, 5) is 13.6. The Labute approximate surface area is 141 Å². The molecule has 0 fully saturated rings. The summed E-state index contributed by atoms with van der Waals surface area (Å²) in [6.45, 7) is 6.71. The number of aromatic nitrogens is 4. The summed E-state index contributed by atoms with van der Waals surface area (Å²) in [6, 6.07) is 10.4. The van der Waals surface area contributed by atoms with Crippen LogP contribution in [-0.2, 0) is 6.54 Å². The van der Waals surface area contributed by atoms with Crippen LogP contribution in [0.2, 0.25) is 0 Å². The summed E-state index contributed by atoms with van der Waals surface area (Å²) in [7, 11) is 0. The van der Waals surface area contributed by atoms with Gasteiger partial charge in [0.15, 0.2) is 17.0 Å². The molecule has 126 valence electrons. The largest absolute Gasteiger partial charge is 0.364 e. The van der Waals surface area contributed by atoms with Crippen LogP contribution in [0.3, 0.4) is 0 Å². The molecule has 0 aliphatic carbocycles. The number of hydrogen-bond donors (Lipinski definition) is 3. The van der Waals surface area contributed by atoms with Crippen LogP contribution in [-0.4, -0.2) is 25.7 Å². The molecular formula is C17H23N7. The van der Waals surface area contributed by atoms with Gasteiger partial charge >= 0.3 is 0 Å². The first kappa shape index (κ1) is 16.2. The lowest BCUT2D eigenvalue weighted by molar-refractivity contribution is 0.612. The van der Waals surface area contributed by atoms with Crippen molar-refractivity contribution in [3.8, 4) is 0 Å². The van der Waals surface area contributed by atoms with Gasteiger partial charge in [-0.1, -0.05) is 30.3 Å². The van der Waals surface area contributed by atoms with Crippen LogP contribution in [0, 0.1) is 0 Å². The molecule has 0 amide bonds. The standard InChI is InChI=1S/C17H23N7/c1-11(2)24-10-20-14-15(19-9-13-7-5-4-6-8-13)22-17(21-12(3)18)23-16(14)24/h4-8,10-12H,9,18H2,1-3H3,(H2,19,21,22,23). The molecule has 2 aromatic heterocycles. The minimum absolute atomic E-state index is 0.236. The zero-order valence-corrected chi connectivity index (χ0v) is 14.2. The molecule has 0 aliphatic heterocycles. The van der Waals surface area contributed by atoms with Crippen LogP contribution in [0.15, 0.2) is 36.7 Å². The summed E-state index contributed by atoms with van der Waals surface area (Å²) in [5, 5.41) is 6.43. The lowest BCUT2D eigenvalue weighted by Crippen LogP contribution is -2.26. The zero-order valence-electron chi connectivity index (χ0n) is 14.2. The van der Waals surface area contributed by atoms with Gasteiger partial charge in [-0.25, -0.2) is 4.98 Å². The maximum atomic E-state index is 5.82. The lowest BCUT2D eigenvalue weighted by Gasteiger charge is -2.13. The van der Waals surface area contributed by atoms with Crippen molar-refractivity contribution in [1.29, 1.82) is 0 Å². The molecule has 1 atom stereocenters. The Bertz CT molecular complexity index is 808. The number of anilines is 2. The van der Waals surface area contributed by atoms with Gasteiger partial charge in [0.25, 0.3) is 0 Å². The number of imidazole rings is 1. The van der Waals surface area contributed by atoms with E-state index in [9.17, 15) is 0 Å². The third-order valence-electron chi connectivity index (χ3n) is 3.64. The normalized spacial score (nSPS) is 12.5. The highest BCUT2D eigenvalue weighted by atomic mass is 15.2. The van der Waals surface area contributed by atoms with Gasteiger partial charge in [0.05, 0.1) is 12.5 Å². The van der Waals surface area contributed by atoms with Crippen molar-refractivity contribution in [3.05, 3.63) is 42.2 Å². The van der Waals surface area contributed by atoms with Crippen LogP contribution in [0.1, 0.15) is 32.4 Å². The molecule has 0 spiro atoms. The van der Waals surface area contributed by atoms with E-state index >= 15 is 0 Å². The highest BCUT2D eigenvalue weighted by Crippen LogP contribution is 2.23. The van der Waals surface area contributed by atoms with Crippen molar-refractivity contribution < 1.29 is 0 Å². The van der Waals surface area contributed by atoms with E-state index in [0.29, 0.717) is 18.3 Å². The van der Waals surface area contributed by atoms with Gasteiger partial charge in [-0.15, -0.1) is 0 Å². The molecule has 3 aromatic rings. The van der Waals surface area contributed by atoms with Crippen molar-refractivity contribution in [1.82, 2.24) is 19.5 Å². The van der Waals surface area contributed by atoms with Crippen LogP contribution in [0.5, 0.6) is 0 Å². The Kier molecular flexibility index (Phi) is 4.61. The van der Waals surface area contributed by atoms with E-state index in [4.69, 9.17) is 5.73 Å². The molecule has 1 aromatic carbocycles. The van der Waals surface area contributed by atoms with Crippen molar-refractivity contribution in [3.63, 3.8) is 0 Å². The van der Waals surface area contributed by atoms with E-state index in [1.165, 1.54) is 5.56 Å². The maximum Gasteiger partial charge on any atom is 0.228 e. The van der Waals surface area contributed by atoms with Crippen molar-refractivity contribution in [2.24, 2.45) is 5.73 Å². The Balaban J connectivity index is 1.98. The first-order valence-corrected chi connectivity index (χ1v) is 8.09. The first-order valence-electron chi connectivity index (χ1n) is 8.09. The minimum atomic E-state index is -0.236. The Morgan fingerprint density at radius 2 is 1.88 bits per heavy atom. The fourth-order valence-corrected chi connectivity index (χ4v) is 2.47. The fourth-order valence-electron chi connectivity index (χ4n) is 2.47. The Morgan fingerprint density at radius 1 is 1.12 bits per heavy atom. The smallest absolute Gasteiger partial charge is 0.228 e. The summed E-state index contributed by atoms with van der Waals surface area (Å²) in [5.74, 6) is 1.20. The molecule has 0 saturated carbocycles. The van der Waals surface area contributed by atoms with Gasteiger partial charge in [-0.2, -0.15) is 9.97 Å². The first-order chi connectivity index (χ1) is 11.5. The maximum absolute atomic E-state index is 5.82. The third-order valence-corrected chi connectivity index (χ3v) is 3.64. The van der Waals surface area contributed by atoms with Gasteiger partial charge in [-0.05, 0) is 26.3 Å². The molecule has 24 heavy (non-hydrogen) atoms. The molecule has 3 rings (SSSR count). The predicted octanol–water partition coefficient (Wildman–Crippen LogP) is 2.74. The number of benzene rings is 1. The minimum Gasteiger partial charge on any atom is -0.364 e. The predicted molar refractivity (Wildman–Crippen MR) is 96.7 cm³/mol. The van der Waals surface area contributed by atoms with E-state index < -0.39 is 0 Å². The van der Waals surface area contributed by atoms with E-state index in [1.807, 2.05) is 29.7 Å². The molecule has 2 heterocycles. The fraction of sp³-hybridized carbons (Fsp3) is 0.353. The summed E-state index contributed by atoms with van der Waals surface area (Å²) >= 11 is 0. The van der Waals surface area contributed by atoms with Gasteiger partial charge in [-0.3, -0.25) is 0 Å². The van der Waals surface area contributed by atoms with Crippen LogP contribution in [0.4, 0.5) is 11.8 Å². The van der Waals surface area contributed by atoms with Crippen molar-refractivity contribution >= 4 is 22.9 Å². The van der Waals surface area contributed by atoms with E-state index in [2.05, 4.69) is 51.6 Å². The molecule has 0 saturated heterocycles. The number of rotatable bonds is 6. The highest BCUT2D eigenvalue weighted by molar-refractivity contribution is 5.84. The van der Waals surface area contributed by atoms with Crippen LogP contribution >= 0.6 is 0 Å². The Hall–Kier alpha value is -2.67. The summed E-state index contributed by atoms with van der Waals surface area (Å²) in [5.41, 5.74) is 8.55. The van der Waals surface area contributed by atoms with E-state index in [-0.39, 0.29) is 12.2 Å². The summed E-state index contributed by atoms with van der Waals surface area (Å²) < 4.78 is 2.02. The second-order valence-electron chi connectivity index (χ2n) is 6.09. The van der Waals surface area contributed by atoms with Gasteiger partial charge < -0.3 is 20.9 Å². The molecule has 4 N–H and O–H groups in total. The molecule has 0 radical (unpaired) electrons. The molecule has 0 bridgehead atoms. The molecule has 0 aliphatic rings. The molecule has 1 unspecified atom stereocenters. The van der Waals surface area contributed by atoms with Crippen molar-refractivity contribution in [2.45, 2.75) is 39.5 Å². The summed E-state index contributed by atoms with van der Waals surface area (Å²) in [6.07, 6.45) is 1.56. The Morgan fingerprint density at radius 3 is 2.54 bits per heavy atom. The SMILES string of the molecule is CC(N)Nc1nc(NCc2ccccc2)c2ncn(C(C)C)c2n1. The molecule has 7 heteroatoms. The average Bonchev–Trinajstić information content (AvgIpc) is 2.97. The second-order valence-corrected chi connectivity index (χ2v) is 6.09. The van der Waals surface area contributed by atoms with Crippen LogP contribution < -0.4 is 16.4 Å². The van der Waals surface area contributed by atoms with Gasteiger partial charge in [0, 0.05) is 12.6 Å². The quantitative estimate of drug-likeness (QED) is 0.603. The van der Waals surface area contributed by atoms with E-state index in [1.54, 1.807) is 6.33 Å². The lowest BCUT2D eigenvalue weighted by atomic mass is 10.2. The highest BCUT2D eigenvalue weighted by Gasteiger charge is 2.15. The number of nitrogens with one attached hydrogen (secondary N) is 2. The number of nitrogens with zero attached hydrogens (tertiary/aromatic N) is 4. The molecular weight excluding hydrogens is 302 g/mol. The number of hydrogen-bond acceptors (Lipinski definition) is 6. The zero-order chi connectivity index (χ0) is 17.1. The van der Waals surface area contributed by atoms with E-state index in [0.717, 1.165) is 11.2 Å². The number of nitrogens with two attached hydrogens (primary N) is 1. The second kappa shape index (κ2) is 6.84. The van der Waals surface area contributed by atoms with Crippen molar-refractivity contribution in [2.75, 3.05) is 10.6 Å². The average molecular weight is 325 g/mol. The van der Waals surface area contributed by atoms with Gasteiger partial charge in [0.2, 0.25) is 5.95 Å². The van der Waals surface area contributed by atoms with Gasteiger partial charge in [0.1, 0.15) is 0 Å². The molecule has 7 nitrogen and oxygen atoms in total.